The number of fused-ring (bicyclic) bond motifs is 1. The van der Waals surface area contributed by atoms with Gasteiger partial charge in [-0.15, -0.1) is 5.10 Å². The van der Waals surface area contributed by atoms with Crippen LogP contribution in [-0.4, -0.2) is 41.0 Å². The molecule has 4 rings (SSSR count). The van der Waals surface area contributed by atoms with Gasteiger partial charge in [-0.1, -0.05) is 11.6 Å². The average Bonchev–Trinajstić information content (AvgIpc) is 3.15. The lowest BCUT2D eigenvalue weighted by Crippen LogP contribution is -1.98. The van der Waals surface area contributed by atoms with Gasteiger partial charge in [0.1, 0.15) is 5.75 Å². The fourth-order valence-corrected chi connectivity index (χ4v) is 3.34. The molecule has 2 aromatic carbocycles. The van der Waals surface area contributed by atoms with E-state index in [-0.39, 0.29) is 5.75 Å². The van der Waals surface area contributed by atoms with Crippen LogP contribution in [0.4, 0.5) is 11.6 Å². The zero-order valence-electron chi connectivity index (χ0n) is 16.5. The summed E-state index contributed by atoms with van der Waals surface area (Å²) >= 11 is 6.27. The maximum Gasteiger partial charge on any atom is 0.247 e. The Hall–Kier alpha value is -3.65. The molecule has 154 valence electrons. The van der Waals surface area contributed by atoms with E-state index in [1.54, 1.807) is 62.4 Å². The van der Waals surface area contributed by atoms with Crippen molar-refractivity contribution in [1.29, 1.82) is 0 Å². The van der Waals surface area contributed by atoms with Crippen LogP contribution < -0.4 is 19.5 Å². The lowest BCUT2D eigenvalue weighted by molar-refractivity contribution is 0.324. The summed E-state index contributed by atoms with van der Waals surface area (Å²) < 4.78 is 17.7. The number of pyridine rings is 1. The first-order valence-electron chi connectivity index (χ1n) is 8.94. The van der Waals surface area contributed by atoms with Gasteiger partial charge in [-0.05, 0) is 30.3 Å². The molecule has 8 nitrogen and oxygen atoms in total. The molecule has 0 spiro atoms. The Morgan fingerprint density at radius 2 is 1.70 bits per heavy atom. The summed E-state index contributed by atoms with van der Waals surface area (Å²) in [5, 5.41) is 17.9. The number of rotatable bonds is 6. The summed E-state index contributed by atoms with van der Waals surface area (Å²) in [6, 6.07) is 12.0. The van der Waals surface area contributed by atoms with E-state index in [9.17, 15) is 5.11 Å². The molecule has 0 radical (unpaired) electrons. The van der Waals surface area contributed by atoms with Crippen molar-refractivity contribution in [2.24, 2.45) is 0 Å². The fourth-order valence-electron chi connectivity index (χ4n) is 3.11. The molecule has 0 amide bonds. The smallest absolute Gasteiger partial charge is 0.247 e. The number of aromatic hydroxyl groups is 1. The number of aromatic nitrogens is 3. The number of hydrogen-bond acceptors (Lipinski definition) is 7. The molecule has 0 atom stereocenters. The summed E-state index contributed by atoms with van der Waals surface area (Å²) in [6.45, 7) is 0. The van der Waals surface area contributed by atoms with E-state index < -0.39 is 0 Å². The zero-order chi connectivity index (χ0) is 21.3. The third-order valence-electron chi connectivity index (χ3n) is 4.51. The van der Waals surface area contributed by atoms with Crippen LogP contribution in [-0.2, 0) is 0 Å². The van der Waals surface area contributed by atoms with Crippen LogP contribution >= 0.6 is 11.6 Å². The molecule has 2 N–H and O–H groups in total. The highest BCUT2D eigenvalue weighted by atomic mass is 35.5. The third kappa shape index (κ3) is 3.65. The maximum atomic E-state index is 9.77. The van der Waals surface area contributed by atoms with Gasteiger partial charge < -0.3 is 24.6 Å². The second-order valence-corrected chi connectivity index (χ2v) is 6.77. The number of nitrogens with zero attached hydrogens (tertiary/aromatic N) is 3. The van der Waals surface area contributed by atoms with Crippen molar-refractivity contribution in [3.05, 3.63) is 53.7 Å². The van der Waals surface area contributed by atoms with Crippen molar-refractivity contribution in [3.63, 3.8) is 0 Å². The highest BCUT2D eigenvalue weighted by molar-refractivity contribution is 6.33. The zero-order valence-corrected chi connectivity index (χ0v) is 17.3. The first-order chi connectivity index (χ1) is 14.5. The third-order valence-corrected chi connectivity index (χ3v) is 4.84. The molecule has 2 heterocycles. The molecule has 2 aromatic heterocycles. The molecule has 0 saturated carbocycles. The van der Waals surface area contributed by atoms with Crippen molar-refractivity contribution in [3.8, 4) is 34.1 Å². The molecular formula is C21H19ClN4O4. The molecule has 0 aliphatic carbocycles. The van der Waals surface area contributed by atoms with Crippen LogP contribution in [0.3, 0.4) is 0 Å². The standard InChI is InChI=1S/C21H19ClN4O4/c1-28-17-8-13(9-18(29-2)20(17)30-3)23-21-24-19-7-4-12(11-26(19)25-21)15-10-14(27)5-6-16(15)22/h4-11,27H,1-3H3,(H,23,25). The molecule has 0 unspecified atom stereocenters. The number of nitrogens with one attached hydrogen (secondary N) is 1. The van der Waals surface area contributed by atoms with E-state index in [1.165, 1.54) is 0 Å². The molecule has 30 heavy (non-hydrogen) atoms. The number of phenols is 1. The first-order valence-corrected chi connectivity index (χ1v) is 9.32. The highest BCUT2D eigenvalue weighted by Gasteiger charge is 2.15. The molecule has 9 heteroatoms. The summed E-state index contributed by atoms with van der Waals surface area (Å²) in [5.74, 6) is 2.07. The van der Waals surface area contributed by atoms with Gasteiger partial charge >= 0.3 is 0 Å². The number of phenolic OH excluding ortho intramolecular Hbond substituents is 1. The molecular weight excluding hydrogens is 408 g/mol. The number of ether oxygens (including phenoxy) is 3. The predicted molar refractivity (Wildman–Crippen MR) is 114 cm³/mol. The maximum absolute atomic E-state index is 9.77. The molecule has 0 saturated heterocycles. The Morgan fingerprint density at radius 1 is 0.967 bits per heavy atom. The van der Waals surface area contributed by atoms with Gasteiger partial charge in [0, 0.05) is 40.2 Å². The molecule has 0 aliphatic rings. The Morgan fingerprint density at radius 3 is 2.37 bits per heavy atom. The monoisotopic (exact) mass is 426 g/mol. The van der Waals surface area contributed by atoms with Crippen LogP contribution in [0.15, 0.2) is 48.7 Å². The van der Waals surface area contributed by atoms with E-state index in [0.29, 0.717) is 45.1 Å². The first kappa shape index (κ1) is 19.7. The Balaban J connectivity index is 1.69. The van der Waals surface area contributed by atoms with Gasteiger partial charge in [0.2, 0.25) is 11.7 Å². The summed E-state index contributed by atoms with van der Waals surface area (Å²) in [6.07, 6.45) is 1.79. The second kappa shape index (κ2) is 8.00. The van der Waals surface area contributed by atoms with Crippen molar-refractivity contribution in [1.82, 2.24) is 14.6 Å². The van der Waals surface area contributed by atoms with E-state index in [1.807, 2.05) is 12.1 Å². The van der Waals surface area contributed by atoms with Gasteiger partial charge in [0.25, 0.3) is 0 Å². The van der Waals surface area contributed by atoms with Crippen molar-refractivity contribution in [2.75, 3.05) is 26.6 Å². The number of halogens is 1. The van der Waals surface area contributed by atoms with Crippen LogP contribution in [0.1, 0.15) is 0 Å². The SMILES string of the molecule is COc1cc(Nc2nc3ccc(-c4cc(O)ccc4Cl)cn3n2)cc(OC)c1OC. The van der Waals surface area contributed by atoms with E-state index in [0.717, 1.165) is 5.56 Å². The topological polar surface area (TPSA) is 90.1 Å². The van der Waals surface area contributed by atoms with Crippen LogP contribution in [0, 0.1) is 0 Å². The average molecular weight is 427 g/mol. The molecule has 0 fully saturated rings. The van der Waals surface area contributed by atoms with E-state index in [2.05, 4.69) is 15.4 Å². The number of hydrogen-bond donors (Lipinski definition) is 2. The van der Waals surface area contributed by atoms with Crippen LogP contribution in [0.2, 0.25) is 5.02 Å². The number of anilines is 2. The van der Waals surface area contributed by atoms with E-state index >= 15 is 0 Å². The Labute approximate surface area is 177 Å². The van der Waals surface area contributed by atoms with E-state index in [4.69, 9.17) is 25.8 Å². The Kier molecular flexibility index (Phi) is 5.24. The Bertz CT molecular complexity index is 1200. The van der Waals surface area contributed by atoms with Crippen LogP contribution in [0.25, 0.3) is 16.8 Å². The number of benzene rings is 2. The minimum atomic E-state index is 0.137. The summed E-state index contributed by atoms with van der Waals surface area (Å²) in [7, 11) is 4.66. The lowest BCUT2D eigenvalue weighted by Gasteiger charge is -2.14. The van der Waals surface area contributed by atoms with Gasteiger partial charge in [-0.2, -0.15) is 4.98 Å². The second-order valence-electron chi connectivity index (χ2n) is 6.36. The normalized spacial score (nSPS) is 10.8. The molecule has 0 bridgehead atoms. The fraction of sp³-hybridized carbons (Fsp3) is 0.143. The van der Waals surface area contributed by atoms with Gasteiger partial charge in [0.15, 0.2) is 17.1 Å². The minimum Gasteiger partial charge on any atom is -0.508 e. The minimum absolute atomic E-state index is 0.137. The summed E-state index contributed by atoms with van der Waals surface area (Å²) in [5.41, 5.74) is 2.82. The van der Waals surface area contributed by atoms with Crippen molar-refractivity contribution in [2.45, 2.75) is 0 Å². The lowest BCUT2D eigenvalue weighted by atomic mass is 10.1. The predicted octanol–water partition coefficient (Wildman–Crippen LogP) is 4.52. The quantitative estimate of drug-likeness (QED) is 0.468. The molecule has 0 aliphatic heterocycles. The molecule has 4 aromatic rings. The van der Waals surface area contributed by atoms with Crippen LogP contribution in [0.5, 0.6) is 23.0 Å². The van der Waals surface area contributed by atoms with Crippen molar-refractivity contribution >= 4 is 28.9 Å². The van der Waals surface area contributed by atoms with Gasteiger partial charge in [-0.25, -0.2) is 4.52 Å². The van der Waals surface area contributed by atoms with Crippen molar-refractivity contribution < 1.29 is 19.3 Å². The van der Waals surface area contributed by atoms with Gasteiger partial charge in [-0.3, -0.25) is 0 Å². The highest BCUT2D eigenvalue weighted by Crippen LogP contribution is 2.40. The van der Waals surface area contributed by atoms with Gasteiger partial charge in [0.05, 0.1) is 21.3 Å². The largest absolute Gasteiger partial charge is 0.508 e. The summed E-state index contributed by atoms with van der Waals surface area (Å²) in [4.78, 5) is 4.48. The number of methoxy groups -OCH3 is 3.